The van der Waals surface area contributed by atoms with E-state index in [1.807, 2.05) is 30.3 Å². The second kappa shape index (κ2) is 9.17. The Balaban J connectivity index is 1.60. The monoisotopic (exact) mass is 409 g/mol. The number of nitrogens with one attached hydrogen (secondary N) is 1. The van der Waals surface area contributed by atoms with Crippen molar-refractivity contribution in [2.24, 2.45) is 0 Å². The molecule has 0 aromatic heterocycles. The maximum absolute atomic E-state index is 13.5. The number of methoxy groups -OCH3 is 1. The number of anilines is 1. The molecular weight excluding hydrogens is 385 g/mol. The highest BCUT2D eigenvalue weighted by molar-refractivity contribution is 5.90. The minimum absolute atomic E-state index is 0.0301. The molecule has 0 bridgehead atoms. The third kappa shape index (κ3) is 5.63. The summed E-state index contributed by atoms with van der Waals surface area (Å²) < 4.78 is 50.4. The van der Waals surface area contributed by atoms with E-state index in [2.05, 4.69) is 4.90 Å². The number of nitrogens with zero attached hydrogens (tertiary/aromatic N) is 1. The highest BCUT2D eigenvalue weighted by atomic mass is 19.4. The van der Waals surface area contributed by atoms with E-state index in [1.54, 1.807) is 6.07 Å². The number of hydrogen-bond donors (Lipinski definition) is 1. The number of quaternary nitrogens is 1. The van der Waals surface area contributed by atoms with Gasteiger partial charge in [0.1, 0.15) is 12.3 Å². The lowest BCUT2D eigenvalue weighted by molar-refractivity contribution is -0.904. The normalized spacial score (nSPS) is 16.3. The molecule has 29 heavy (non-hydrogen) atoms. The largest absolute Gasteiger partial charge is 0.497 e. The van der Waals surface area contributed by atoms with Gasteiger partial charge in [-0.05, 0) is 30.3 Å². The van der Waals surface area contributed by atoms with Crippen LogP contribution >= 0.6 is 0 Å². The number of alkyl halides is 3. The van der Waals surface area contributed by atoms with Crippen molar-refractivity contribution in [2.45, 2.75) is 12.3 Å². The Bertz CT molecular complexity index is 806. The third-order valence-corrected chi connectivity index (χ3v) is 4.99. The highest BCUT2D eigenvalue weighted by Gasteiger charge is 2.46. The van der Waals surface area contributed by atoms with Gasteiger partial charge in [0.2, 0.25) is 6.10 Å². The molecular formula is C21H24F3N2O3+. The van der Waals surface area contributed by atoms with Gasteiger partial charge in [0.25, 0.3) is 0 Å². The van der Waals surface area contributed by atoms with Gasteiger partial charge < -0.3 is 19.3 Å². The van der Waals surface area contributed by atoms with Crippen molar-refractivity contribution in [3.05, 3.63) is 60.2 Å². The topological polar surface area (TPSA) is 43.2 Å². The van der Waals surface area contributed by atoms with Crippen LogP contribution < -0.4 is 14.5 Å². The maximum atomic E-state index is 13.5. The summed E-state index contributed by atoms with van der Waals surface area (Å²) in [4.78, 5) is 15.2. The number of rotatable bonds is 6. The molecule has 0 amide bonds. The summed E-state index contributed by atoms with van der Waals surface area (Å²) in [6.07, 6.45) is -6.78. The van der Waals surface area contributed by atoms with Crippen molar-refractivity contribution < 1.29 is 32.3 Å². The molecule has 1 atom stereocenters. The fraction of sp³-hybridized carbons (Fsp3) is 0.381. The molecule has 156 valence electrons. The maximum Gasteiger partial charge on any atom is 0.431 e. The second-order valence-electron chi connectivity index (χ2n) is 6.94. The van der Waals surface area contributed by atoms with Crippen LogP contribution in [0.5, 0.6) is 5.75 Å². The quantitative estimate of drug-likeness (QED) is 0.743. The van der Waals surface area contributed by atoms with Gasteiger partial charge in [-0.1, -0.05) is 24.3 Å². The van der Waals surface area contributed by atoms with Gasteiger partial charge in [0.15, 0.2) is 0 Å². The molecule has 1 aliphatic rings. The summed E-state index contributed by atoms with van der Waals surface area (Å²) in [5, 5.41) is 0. The summed E-state index contributed by atoms with van der Waals surface area (Å²) >= 11 is 0. The average Bonchev–Trinajstić information content (AvgIpc) is 2.73. The molecule has 8 heteroatoms. The zero-order valence-electron chi connectivity index (χ0n) is 16.1. The highest BCUT2D eigenvalue weighted by Crippen LogP contribution is 2.24. The lowest BCUT2D eigenvalue weighted by Crippen LogP contribution is -3.16. The second-order valence-corrected chi connectivity index (χ2v) is 6.94. The number of piperazine rings is 1. The SMILES string of the molecule is COc1cccc(C(=O)O[C@H](C[NH+]2CCN(c3ccccc3)CC2)C(F)(F)F)c1. The average molecular weight is 409 g/mol. The van der Waals surface area contributed by atoms with E-state index in [0.29, 0.717) is 31.9 Å². The molecule has 1 fully saturated rings. The minimum atomic E-state index is -4.63. The van der Waals surface area contributed by atoms with E-state index in [0.717, 1.165) is 10.6 Å². The molecule has 0 unspecified atom stereocenters. The fourth-order valence-electron chi connectivity index (χ4n) is 3.36. The van der Waals surface area contributed by atoms with Gasteiger partial charge in [-0.15, -0.1) is 0 Å². The zero-order valence-corrected chi connectivity index (χ0v) is 16.1. The Labute approximate surface area is 167 Å². The summed E-state index contributed by atoms with van der Waals surface area (Å²) in [6.45, 7) is 2.07. The number of ether oxygens (including phenoxy) is 2. The predicted octanol–water partition coefficient (Wildman–Crippen LogP) is 2.19. The number of benzene rings is 2. The van der Waals surface area contributed by atoms with Crippen LogP contribution in [-0.2, 0) is 4.74 Å². The summed E-state index contributed by atoms with van der Waals surface area (Å²) in [7, 11) is 1.42. The fourth-order valence-corrected chi connectivity index (χ4v) is 3.36. The van der Waals surface area contributed by atoms with Crippen molar-refractivity contribution in [3.63, 3.8) is 0 Å². The Kier molecular flexibility index (Phi) is 6.64. The number of carbonyl (C=O) groups excluding carboxylic acids is 1. The molecule has 0 aliphatic carbocycles. The van der Waals surface area contributed by atoms with Crippen LogP contribution in [0.2, 0.25) is 0 Å². The number of hydrogen-bond acceptors (Lipinski definition) is 4. The first-order valence-electron chi connectivity index (χ1n) is 9.42. The Morgan fingerprint density at radius 2 is 1.79 bits per heavy atom. The van der Waals surface area contributed by atoms with Gasteiger partial charge in [0, 0.05) is 5.69 Å². The van der Waals surface area contributed by atoms with Crippen LogP contribution in [0.1, 0.15) is 10.4 Å². The summed E-state index contributed by atoms with van der Waals surface area (Å²) in [5.41, 5.74) is 1.09. The molecule has 1 N–H and O–H groups in total. The van der Waals surface area contributed by atoms with Crippen LogP contribution in [-0.4, -0.2) is 58.1 Å². The standard InChI is InChI=1S/C21H23F3N2O3/c1-28-18-9-5-6-16(14-18)20(27)29-19(21(22,23)24)15-25-10-12-26(13-11-25)17-7-3-2-4-8-17/h2-9,14,19H,10-13,15H2,1H3/p+1/t19-/m1/s1. The molecule has 5 nitrogen and oxygen atoms in total. The molecule has 1 saturated heterocycles. The van der Waals surface area contributed by atoms with E-state index in [9.17, 15) is 18.0 Å². The van der Waals surface area contributed by atoms with E-state index in [1.165, 1.54) is 25.3 Å². The summed E-state index contributed by atoms with van der Waals surface area (Å²) in [5.74, 6) is -0.626. The van der Waals surface area contributed by atoms with Gasteiger partial charge in [-0.2, -0.15) is 13.2 Å². The Hall–Kier alpha value is -2.74. The first kappa shape index (κ1) is 21.0. The first-order valence-corrected chi connectivity index (χ1v) is 9.42. The van der Waals surface area contributed by atoms with Gasteiger partial charge in [-0.25, -0.2) is 4.79 Å². The van der Waals surface area contributed by atoms with Crippen LogP contribution in [0, 0.1) is 0 Å². The van der Waals surface area contributed by atoms with E-state index >= 15 is 0 Å². The molecule has 0 spiro atoms. The molecule has 3 rings (SSSR count). The van der Waals surface area contributed by atoms with E-state index in [-0.39, 0.29) is 12.1 Å². The van der Waals surface area contributed by atoms with Crippen LogP contribution in [0.25, 0.3) is 0 Å². The van der Waals surface area contributed by atoms with Gasteiger partial charge in [0.05, 0.1) is 38.9 Å². The summed E-state index contributed by atoms with van der Waals surface area (Å²) in [6, 6.07) is 15.7. The van der Waals surface area contributed by atoms with E-state index < -0.39 is 18.2 Å². The first-order chi connectivity index (χ1) is 13.9. The predicted molar refractivity (Wildman–Crippen MR) is 102 cm³/mol. The van der Waals surface area contributed by atoms with E-state index in [4.69, 9.17) is 9.47 Å². The molecule has 0 radical (unpaired) electrons. The smallest absolute Gasteiger partial charge is 0.431 e. The zero-order chi connectivity index (χ0) is 20.9. The van der Waals surface area contributed by atoms with Crippen LogP contribution in [0.15, 0.2) is 54.6 Å². The van der Waals surface area contributed by atoms with Gasteiger partial charge in [-0.3, -0.25) is 0 Å². The number of esters is 1. The Morgan fingerprint density at radius 1 is 1.10 bits per heavy atom. The molecule has 2 aromatic carbocycles. The number of halogens is 3. The minimum Gasteiger partial charge on any atom is -0.497 e. The lowest BCUT2D eigenvalue weighted by atomic mass is 10.2. The third-order valence-electron chi connectivity index (χ3n) is 4.99. The van der Waals surface area contributed by atoms with Crippen molar-refractivity contribution in [3.8, 4) is 5.75 Å². The van der Waals surface area contributed by atoms with Crippen molar-refractivity contribution >= 4 is 11.7 Å². The molecule has 2 aromatic rings. The number of para-hydroxylation sites is 1. The van der Waals surface area contributed by atoms with Gasteiger partial charge >= 0.3 is 12.1 Å². The van der Waals surface area contributed by atoms with Crippen molar-refractivity contribution in [1.29, 1.82) is 0 Å². The number of carbonyl (C=O) groups is 1. The molecule has 1 heterocycles. The van der Waals surface area contributed by atoms with Crippen molar-refractivity contribution in [1.82, 2.24) is 0 Å². The molecule has 1 aliphatic heterocycles. The lowest BCUT2D eigenvalue weighted by Gasteiger charge is -2.35. The molecule has 0 saturated carbocycles. The van der Waals surface area contributed by atoms with Crippen LogP contribution in [0.3, 0.4) is 0 Å². The van der Waals surface area contributed by atoms with Crippen LogP contribution in [0.4, 0.5) is 18.9 Å². The van der Waals surface area contributed by atoms with Crippen molar-refractivity contribution in [2.75, 3.05) is 44.7 Å². The Morgan fingerprint density at radius 3 is 2.41 bits per heavy atom.